The summed E-state index contributed by atoms with van der Waals surface area (Å²) in [5.41, 5.74) is 2.53. The van der Waals surface area contributed by atoms with E-state index in [4.69, 9.17) is 0 Å². The molecule has 0 bridgehead atoms. The summed E-state index contributed by atoms with van der Waals surface area (Å²) in [6.07, 6.45) is 10.2. The summed E-state index contributed by atoms with van der Waals surface area (Å²) in [5, 5.41) is 0. The summed E-state index contributed by atoms with van der Waals surface area (Å²) >= 11 is 0. The van der Waals surface area contributed by atoms with Crippen LogP contribution < -0.4 is 0 Å². The van der Waals surface area contributed by atoms with Gasteiger partial charge in [0.15, 0.2) is 5.78 Å². The van der Waals surface area contributed by atoms with Crippen molar-refractivity contribution in [2.45, 2.75) is 12.8 Å². The van der Waals surface area contributed by atoms with Crippen LogP contribution in [0.4, 0.5) is 0 Å². The number of allylic oxidation sites excluding steroid dienone is 6. The number of hydrogen-bond acceptors (Lipinski definition) is 1. The highest BCUT2D eigenvalue weighted by atomic mass is 16.1. The lowest BCUT2D eigenvalue weighted by molar-refractivity contribution is -0.111. The van der Waals surface area contributed by atoms with E-state index in [2.05, 4.69) is 12.2 Å². The molecule has 0 amide bonds. The number of hydrogen-bond donors (Lipinski definition) is 0. The molecule has 2 atom stereocenters. The van der Waals surface area contributed by atoms with E-state index in [1.165, 1.54) is 5.57 Å². The number of carbonyl (C=O) groups is 1. The Kier molecular flexibility index (Phi) is 1.06. The quantitative estimate of drug-likeness (QED) is 0.493. The van der Waals surface area contributed by atoms with E-state index in [1.807, 2.05) is 6.08 Å². The summed E-state index contributed by atoms with van der Waals surface area (Å²) in [7, 11) is 0. The lowest BCUT2D eigenvalue weighted by Gasteiger charge is -2.30. The maximum atomic E-state index is 11.5. The lowest BCUT2D eigenvalue weighted by Crippen LogP contribution is -2.23. The molecule has 1 heteroatoms. The van der Waals surface area contributed by atoms with Crippen molar-refractivity contribution in [2.24, 2.45) is 11.8 Å². The van der Waals surface area contributed by atoms with Gasteiger partial charge in [0.1, 0.15) is 0 Å². The molecule has 0 aliphatic heterocycles. The SMILES string of the molecule is O=C1C=CCC2=C[C@H]3CC=C1[C@@H]23. The van der Waals surface area contributed by atoms with Crippen molar-refractivity contribution in [1.82, 2.24) is 0 Å². The molecule has 0 spiro atoms. The van der Waals surface area contributed by atoms with E-state index in [0.29, 0.717) is 11.8 Å². The molecule has 12 heavy (non-hydrogen) atoms. The van der Waals surface area contributed by atoms with Gasteiger partial charge in [-0.3, -0.25) is 4.79 Å². The van der Waals surface area contributed by atoms with Crippen LogP contribution in [0.1, 0.15) is 12.8 Å². The first-order valence-corrected chi connectivity index (χ1v) is 4.48. The maximum Gasteiger partial charge on any atom is 0.181 e. The van der Waals surface area contributed by atoms with Crippen LogP contribution in [0.3, 0.4) is 0 Å². The summed E-state index contributed by atoms with van der Waals surface area (Å²) in [5.74, 6) is 1.41. The Balaban J connectivity index is 2.12. The number of carbonyl (C=O) groups excluding carboxylic acids is 1. The molecule has 3 aliphatic rings. The Bertz CT molecular complexity index is 344. The zero-order chi connectivity index (χ0) is 8.13. The Labute approximate surface area is 71.5 Å². The van der Waals surface area contributed by atoms with Crippen LogP contribution in [0.25, 0.3) is 0 Å². The predicted octanol–water partition coefficient (Wildman–Crippen LogP) is 2.02. The highest BCUT2D eigenvalue weighted by molar-refractivity contribution is 6.06. The third-order valence-corrected chi connectivity index (χ3v) is 3.11. The Hall–Kier alpha value is -1.11. The van der Waals surface area contributed by atoms with Gasteiger partial charge in [-0.15, -0.1) is 0 Å². The first kappa shape index (κ1) is 6.41. The predicted molar refractivity (Wildman–Crippen MR) is 46.5 cm³/mol. The zero-order valence-corrected chi connectivity index (χ0v) is 6.79. The molecule has 1 nitrogen and oxygen atoms in total. The van der Waals surface area contributed by atoms with Crippen LogP contribution in [0.5, 0.6) is 0 Å². The van der Waals surface area contributed by atoms with Crippen LogP contribution >= 0.6 is 0 Å². The minimum atomic E-state index is 0.241. The van der Waals surface area contributed by atoms with Crippen LogP contribution in [-0.4, -0.2) is 5.78 Å². The van der Waals surface area contributed by atoms with Crippen molar-refractivity contribution in [3.05, 3.63) is 35.5 Å². The molecular weight excluding hydrogens is 148 g/mol. The second kappa shape index (κ2) is 1.98. The average Bonchev–Trinajstić information content (AvgIpc) is 2.31. The van der Waals surface area contributed by atoms with E-state index in [1.54, 1.807) is 6.08 Å². The van der Waals surface area contributed by atoms with Gasteiger partial charge in [-0.2, -0.15) is 0 Å². The normalized spacial score (nSPS) is 36.5. The Morgan fingerprint density at radius 1 is 1.42 bits per heavy atom. The zero-order valence-electron chi connectivity index (χ0n) is 6.79. The molecule has 0 saturated carbocycles. The molecular formula is C11H10O. The van der Waals surface area contributed by atoms with E-state index in [9.17, 15) is 4.79 Å². The van der Waals surface area contributed by atoms with Gasteiger partial charge in [0.05, 0.1) is 0 Å². The van der Waals surface area contributed by atoms with Gasteiger partial charge in [-0.1, -0.05) is 23.8 Å². The van der Waals surface area contributed by atoms with Crippen LogP contribution in [0, 0.1) is 11.8 Å². The van der Waals surface area contributed by atoms with Crippen molar-refractivity contribution >= 4 is 5.78 Å². The molecule has 0 radical (unpaired) electrons. The van der Waals surface area contributed by atoms with Crippen LogP contribution in [-0.2, 0) is 4.79 Å². The van der Waals surface area contributed by atoms with Crippen molar-refractivity contribution in [3.8, 4) is 0 Å². The molecule has 3 aliphatic carbocycles. The minimum Gasteiger partial charge on any atom is -0.290 e. The average molecular weight is 158 g/mol. The van der Waals surface area contributed by atoms with Crippen molar-refractivity contribution < 1.29 is 4.79 Å². The van der Waals surface area contributed by atoms with Crippen LogP contribution in [0.15, 0.2) is 35.5 Å². The van der Waals surface area contributed by atoms with Gasteiger partial charge in [0.2, 0.25) is 0 Å². The second-order valence-corrected chi connectivity index (χ2v) is 3.75. The fourth-order valence-electron chi connectivity index (χ4n) is 2.50. The van der Waals surface area contributed by atoms with E-state index in [0.717, 1.165) is 18.4 Å². The Morgan fingerprint density at radius 3 is 3.25 bits per heavy atom. The monoisotopic (exact) mass is 158 g/mol. The first-order chi connectivity index (χ1) is 5.86. The maximum absolute atomic E-state index is 11.5. The van der Waals surface area contributed by atoms with Crippen molar-refractivity contribution in [2.75, 3.05) is 0 Å². The Morgan fingerprint density at radius 2 is 2.33 bits per heavy atom. The summed E-state index contributed by atoms with van der Waals surface area (Å²) < 4.78 is 0. The molecule has 0 aromatic carbocycles. The number of rotatable bonds is 0. The summed E-state index contributed by atoms with van der Waals surface area (Å²) in [6.45, 7) is 0. The molecule has 0 heterocycles. The van der Waals surface area contributed by atoms with Crippen LogP contribution in [0.2, 0.25) is 0 Å². The lowest BCUT2D eigenvalue weighted by atomic mass is 9.73. The highest BCUT2D eigenvalue weighted by Crippen LogP contribution is 2.48. The van der Waals surface area contributed by atoms with E-state index >= 15 is 0 Å². The largest absolute Gasteiger partial charge is 0.290 e. The molecule has 0 aromatic heterocycles. The molecule has 0 unspecified atom stereocenters. The molecule has 60 valence electrons. The number of ketones is 1. The van der Waals surface area contributed by atoms with Gasteiger partial charge in [0, 0.05) is 11.5 Å². The summed E-state index contributed by atoms with van der Waals surface area (Å²) in [4.78, 5) is 11.5. The first-order valence-electron chi connectivity index (χ1n) is 4.48. The highest BCUT2D eigenvalue weighted by Gasteiger charge is 2.40. The van der Waals surface area contributed by atoms with Gasteiger partial charge >= 0.3 is 0 Å². The van der Waals surface area contributed by atoms with Gasteiger partial charge in [-0.25, -0.2) is 0 Å². The third kappa shape index (κ3) is 0.619. The van der Waals surface area contributed by atoms with Gasteiger partial charge in [-0.05, 0) is 24.8 Å². The molecule has 0 N–H and O–H groups in total. The molecule has 3 rings (SSSR count). The van der Waals surface area contributed by atoms with E-state index < -0.39 is 0 Å². The molecule has 0 aromatic rings. The standard InChI is InChI=1S/C11H10O/c12-10-3-1-2-7-6-8-4-5-9(10)11(7)8/h1,3,5-6,8,11H,2,4H2/t8-,11+/m1/s1. The smallest absolute Gasteiger partial charge is 0.181 e. The molecule has 0 fully saturated rings. The fraction of sp³-hybridized carbons (Fsp3) is 0.364. The minimum absolute atomic E-state index is 0.241. The molecule has 0 saturated heterocycles. The van der Waals surface area contributed by atoms with Gasteiger partial charge < -0.3 is 0 Å². The third-order valence-electron chi connectivity index (χ3n) is 3.11. The van der Waals surface area contributed by atoms with Gasteiger partial charge in [0.25, 0.3) is 0 Å². The fourth-order valence-corrected chi connectivity index (χ4v) is 2.50. The van der Waals surface area contributed by atoms with E-state index in [-0.39, 0.29) is 5.78 Å². The second-order valence-electron chi connectivity index (χ2n) is 3.75. The van der Waals surface area contributed by atoms with Crippen molar-refractivity contribution in [1.29, 1.82) is 0 Å². The topological polar surface area (TPSA) is 17.1 Å². The van der Waals surface area contributed by atoms with Crippen molar-refractivity contribution in [3.63, 3.8) is 0 Å². The summed E-state index contributed by atoms with van der Waals surface area (Å²) in [6, 6.07) is 0.